The van der Waals surface area contributed by atoms with Crippen molar-refractivity contribution in [3.8, 4) is 11.5 Å². The van der Waals surface area contributed by atoms with Gasteiger partial charge in [-0.1, -0.05) is 13.3 Å². The van der Waals surface area contributed by atoms with Crippen molar-refractivity contribution < 1.29 is 23.4 Å². The molecule has 6 heteroatoms. The fourth-order valence-corrected chi connectivity index (χ4v) is 2.75. The van der Waals surface area contributed by atoms with Crippen LogP contribution in [0.3, 0.4) is 0 Å². The number of methoxy groups -OCH3 is 2. The fraction of sp³-hybridized carbons (Fsp3) is 0.650. The molecule has 0 aliphatic heterocycles. The SMILES string of the molecule is CCCc1cc(OC)c(CC(CCF)NC(=O)OC(C)(C)C)cc1OC. The molecule has 1 rings (SSSR count). The Bertz CT molecular complexity index is 584. The molecule has 1 aromatic carbocycles. The lowest BCUT2D eigenvalue weighted by Gasteiger charge is -2.24. The topological polar surface area (TPSA) is 56.8 Å². The number of benzene rings is 1. The summed E-state index contributed by atoms with van der Waals surface area (Å²) in [6, 6.07) is 3.47. The average molecular weight is 369 g/mol. The van der Waals surface area contributed by atoms with E-state index in [2.05, 4.69) is 12.2 Å². The minimum Gasteiger partial charge on any atom is -0.496 e. The molecule has 0 spiro atoms. The van der Waals surface area contributed by atoms with Gasteiger partial charge in [0, 0.05) is 6.04 Å². The molecule has 0 radical (unpaired) electrons. The highest BCUT2D eigenvalue weighted by Crippen LogP contribution is 2.31. The van der Waals surface area contributed by atoms with Crippen LogP contribution in [-0.4, -0.2) is 38.6 Å². The van der Waals surface area contributed by atoms with Crippen LogP contribution >= 0.6 is 0 Å². The van der Waals surface area contributed by atoms with Gasteiger partial charge in [-0.2, -0.15) is 0 Å². The lowest BCUT2D eigenvalue weighted by Crippen LogP contribution is -2.40. The third-order valence-corrected chi connectivity index (χ3v) is 3.85. The third kappa shape index (κ3) is 7.10. The van der Waals surface area contributed by atoms with E-state index in [1.54, 1.807) is 35.0 Å². The van der Waals surface area contributed by atoms with Crippen LogP contribution in [0.2, 0.25) is 0 Å². The average Bonchev–Trinajstić information content (AvgIpc) is 2.54. The van der Waals surface area contributed by atoms with Gasteiger partial charge in [-0.15, -0.1) is 0 Å². The van der Waals surface area contributed by atoms with Gasteiger partial charge in [0.25, 0.3) is 0 Å². The highest BCUT2D eigenvalue weighted by molar-refractivity contribution is 5.68. The predicted octanol–water partition coefficient (Wildman–Crippen LogP) is 4.45. The summed E-state index contributed by atoms with van der Waals surface area (Å²) in [5.41, 5.74) is 1.32. The van der Waals surface area contributed by atoms with Crippen molar-refractivity contribution in [2.24, 2.45) is 0 Å². The summed E-state index contributed by atoms with van der Waals surface area (Å²) in [5, 5.41) is 2.75. The Morgan fingerprint density at radius 1 is 1.15 bits per heavy atom. The zero-order chi connectivity index (χ0) is 19.7. The van der Waals surface area contributed by atoms with Crippen molar-refractivity contribution >= 4 is 6.09 Å². The van der Waals surface area contributed by atoms with Gasteiger partial charge in [-0.25, -0.2) is 4.79 Å². The van der Waals surface area contributed by atoms with Gasteiger partial charge in [-0.05, 0) is 63.3 Å². The quantitative estimate of drug-likeness (QED) is 0.699. The molecule has 0 saturated heterocycles. The molecule has 1 atom stereocenters. The molecule has 26 heavy (non-hydrogen) atoms. The van der Waals surface area contributed by atoms with Crippen LogP contribution in [0.25, 0.3) is 0 Å². The van der Waals surface area contributed by atoms with Crippen LogP contribution in [0.1, 0.15) is 51.7 Å². The number of alkyl halides is 1. The first-order chi connectivity index (χ1) is 12.2. The minimum atomic E-state index is -0.604. The Labute approximate surface area is 156 Å². The molecule has 0 saturated carbocycles. The molecule has 0 aliphatic rings. The van der Waals surface area contributed by atoms with Crippen molar-refractivity contribution in [3.05, 3.63) is 23.3 Å². The predicted molar refractivity (Wildman–Crippen MR) is 101 cm³/mol. The molecule has 1 aromatic rings. The van der Waals surface area contributed by atoms with E-state index in [-0.39, 0.29) is 6.42 Å². The monoisotopic (exact) mass is 369 g/mol. The number of amides is 1. The first-order valence-corrected chi connectivity index (χ1v) is 9.03. The lowest BCUT2D eigenvalue weighted by molar-refractivity contribution is 0.0500. The van der Waals surface area contributed by atoms with E-state index in [9.17, 15) is 9.18 Å². The number of rotatable bonds is 9. The van der Waals surface area contributed by atoms with E-state index < -0.39 is 24.4 Å². The number of carbonyl (C=O) groups is 1. The number of halogens is 1. The van der Waals surface area contributed by atoms with Gasteiger partial charge in [0.2, 0.25) is 0 Å². The summed E-state index contributed by atoms with van der Waals surface area (Å²) in [5.74, 6) is 1.49. The van der Waals surface area contributed by atoms with Crippen molar-refractivity contribution in [2.45, 2.75) is 65.0 Å². The summed E-state index contributed by atoms with van der Waals surface area (Å²) in [6.45, 7) is 6.93. The normalized spacial score (nSPS) is 12.4. The maximum absolute atomic E-state index is 13.0. The van der Waals surface area contributed by atoms with Gasteiger partial charge in [0.05, 0.1) is 20.9 Å². The number of ether oxygens (including phenoxy) is 3. The molecule has 0 bridgehead atoms. The van der Waals surface area contributed by atoms with Crippen LogP contribution in [-0.2, 0) is 17.6 Å². The van der Waals surface area contributed by atoms with E-state index in [4.69, 9.17) is 14.2 Å². The Hall–Kier alpha value is -1.98. The number of carbonyl (C=O) groups excluding carboxylic acids is 1. The van der Waals surface area contributed by atoms with E-state index in [1.807, 2.05) is 12.1 Å². The van der Waals surface area contributed by atoms with Crippen molar-refractivity contribution in [1.82, 2.24) is 5.32 Å². The number of aryl methyl sites for hydroxylation is 1. The molecule has 0 aromatic heterocycles. The Kier molecular flexibility index (Phi) is 8.69. The van der Waals surface area contributed by atoms with Gasteiger partial charge in [0.15, 0.2) is 0 Å². The molecule has 148 valence electrons. The van der Waals surface area contributed by atoms with Gasteiger partial charge in [-0.3, -0.25) is 4.39 Å². The lowest BCUT2D eigenvalue weighted by atomic mass is 9.99. The Balaban J connectivity index is 3.01. The number of alkyl carbamates (subject to hydrolysis) is 1. The third-order valence-electron chi connectivity index (χ3n) is 3.85. The Morgan fingerprint density at radius 2 is 1.73 bits per heavy atom. The van der Waals surface area contributed by atoms with Crippen molar-refractivity contribution in [3.63, 3.8) is 0 Å². The standard InChI is InChI=1S/C20H32FNO4/c1-7-8-14-12-18(25-6)15(13-17(14)24-5)11-16(9-10-21)22-19(23)26-20(2,3)4/h12-13,16H,7-11H2,1-6H3,(H,22,23). The first kappa shape index (κ1) is 22.1. The van der Waals surface area contributed by atoms with E-state index in [1.165, 1.54) is 0 Å². The van der Waals surface area contributed by atoms with Gasteiger partial charge < -0.3 is 19.5 Å². The zero-order valence-electron chi connectivity index (χ0n) is 16.8. The second-order valence-electron chi connectivity index (χ2n) is 7.25. The Morgan fingerprint density at radius 3 is 2.23 bits per heavy atom. The van der Waals surface area contributed by atoms with E-state index >= 15 is 0 Å². The number of nitrogens with one attached hydrogen (secondary N) is 1. The van der Waals surface area contributed by atoms with Crippen LogP contribution in [0.5, 0.6) is 11.5 Å². The molecule has 0 aliphatic carbocycles. The maximum Gasteiger partial charge on any atom is 0.407 e. The second-order valence-corrected chi connectivity index (χ2v) is 7.25. The highest BCUT2D eigenvalue weighted by atomic mass is 19.1. The van der Waals surface area contributed by atoms with Crippen molar-refractivity contribution in [1.29, 1.82) is 0 Å². The second kappa shape index (κ2) is 10.2. The summed E-state index contributed by atoms with van der Waals surface area (Å²) >= 11 is 0. The summed E-state index contributed by atoms with van der Waals surface area (Å²) < 4.78 is 29.2. The van der Waals surface area contributed by atoms with Crippen LogP contribution < -0.4 is 14.8 Å². The van der Waals surface area contributed by atoms with E-state index in [0.29, 0.717) is 12.2 Å². The fourth-order valence-electron chi connectivity index (χ4n) is 2.75. The number of hydrogen-bond acceptors (Lipinski definition) is 4. The summed E-state index contributed by atoms with van der Waals surface area (Å²) in [7, 11) is 3.23. The highest BCUT2D eigenvalue weighted by Gasteiger charge is 2.21. The van der Waals surface area contributed by atoms with Gasteiger partial charge in [0.1, 0.15) is 17.1 Å². The molecule has 0 fully saturated rings. The summed E-state index contributed by atoms with van der Waals surface area (Å²) in [6.07, 6.45) is 1.94. The molecule has 1 unspecified atom stereocenters. The first-order valence-electron chi connectivity index (χ1n) is 9.03. The smallest absolute Gasteiger partial charge is 0.407 e. The molecule has 1 N–H and O–H groups in total. The maximum atomic E-state index is 13.0. The van der Waals surface area contributed by atoms with Crippen molar-refractivity contribution in [2.75, 3.05) is 20.9 Å². The summed E-state index contributed by atoms with van der Waals surface area (Å²) in [4.78, 5) is 12.0. The van der Waals surface area contributed by atoms with Crippen LogP contribution in [0.4, 0.5) is 9.18 Å². The van der Waals surface area contributed by atoms with Crippen LogP contribution in [0.15, 0.2) is 12.1 Å². The van der Waals surface area contributed by atoms with Gasteiger partial charge >= 0.3 is 6.09 Å². The zero-order valence-corrected chi connectivity index (χ0v) is 16.8. The molecule has 1 amide bonds. The number of hydrogen-bond donors (Lipinski definition) is 1. The molecule has 0 heterocycles. The molecular weight excluding hydrogens is 337 g/mol. The molecule has 5 nitrogen and oxygen atoms in total. The largest absolute Gasteiger partial charge is 0.496 e. The minimum absolute atomic E-state index is 0.196. The van der Waals surface area contributed by atoms with Crippen LogP contribution in [0, 0.1) is 0 Å². The molecular formula is C20H32FNO4. The van der Waals surface area contributed by atoms with E-state index in [0.717, 1.165) is 29.7 Å².